The van der Waals surface area contributed by atoms with Gasteiger partial charge in [-0.25, -0.2) is 0 Å². The Bertz CT molecular complexity index is 596. The van der Waals surface area contributed by atoms with Gasteiger partial charge in [0.1, 0.15) is 0 Å². The predicted molar refractivity (Wildman–Crippen MR) is 87.0 cm³/mol. The van der Waals surface area contributed by atoms with Crippen LogP contribution in [-0.2, 0) is 9.59 Å². The molecule has 1 aliphatic carbocycles. The van der Waals surface area contributed by atoms with Crippen molar-refractivity contribution in [3.05, 3.63) is 28.8 Å². The molecule has 1 atom stereocenters. The van der Waals surface area contributed by atoms with E-state index < -0.39 is 0 Å². The van der Waals surface area contributed by atoms with Gasteiger partial charge in [0.15, 0.2) is 0 Å². The number of carbonyl (C=O) groups excluding carboxylic acids is 2. The fraction of sp³-hybridized carbons (Fsp3) is 0.529. The van der Waals surface area contributed by atoms with E-state index in [4.69, 9.17) is 11.6 Å². The lowest BCUT2D eigenvalue weighted by molar-refractivity contribution is -0.126. The van der Waals surface area contributed by atoms with Crippen LogP contribution in [0.25, 0.3) is 0 Å². The van der Waals surface area contributed by atoms with E-state index in [2.05, 4.69) is 5.32 Å². The monoisotopic (exact) mass is 320 g/mol. The van der Waals surface area contributed by atoms with Crippen LogP contribution in [0, 0.1) is 12.8 Å². The van der Waals surface area contributed by atoms with Crippen molar-refractivity contribution >= 4 is 29.1 Å². The van der Waals surface area contributed by atoms with Gasteiger partial charge >= 0.3 is 0 Å². The highest BCUT2D eigenvalue weighted by Crippen LogP contribution is 2.31. The van der Waals surface area contributed by atoms with Crippen molar-refractivity contribution in [2.45, 2.75) is 45.1 Å². The van der Waals surface area contributed by atoms with Gasteiger partial charge < -0.3 is 10.2 Å². The average Bonchev–Trinajstić information content (AvgIpc) is 3.12. The molecule has 0 bridgehead atoms. The molecule has 2 fully saturated rings. The zero-order valence-electron chi connectivity index (χ0n) is 12.8. The van der Waals surface area contributed by atoms with Crippen LogP contribution in [0.15, 0.2) is 18.2 Å². The van der Waals surface area contributed by atoms with E-state index in [1.54, 1.807) is 4.90 Å². The minimum Gasteiger partial charge on any atom is -0.353 e. The molecule has 1 saturated heterocycles. The number of rotatable bonds is 3. The first-order valence-electron chi connectivity index (χ1n) is 7.92. The molecule has 0 spiro atoms. The van der Waals surface area contributed by atoms with Crippen molar-refractivity contribution in [1.82, 2.24) is 5.32 Å². The molecule has 1 aliphatic heterocycles. The van der Waals surface area contributed by atoms with E-state index in [-0.39, 0.29) is 24.2 Å². The number of nitrogens with zero attached hydrogens (tertiary/aromatic N) is 1. The molecule has 0 aromatic heterocycles. The number of halogens is 1. The normalized spacial score (nSPS) is 22.4. The molecule has 2 aliphatic rings. The van der Waals surface area contributed by atoms with Gasteiger partial charge in [0.25, 0.3) is 0 Å². The number of amides is 2. The molecule has 2 amide bonds. The summed E-state index contributed by atoms with van der Waals surface area (Å²) in [6.07, 6.45) is 4.77. The van der Waals surface area contributed by atoms with Crippen LogP contribution in [0.1, 0.15) is 37.7 Å². The summed E-state index contributed by atoms with van der Waals surface area (Å²) in [5.74, 6) is -0.245. The number of hydrogen-bond acceptors (Lipinski definition) is 2. The highest BCUT2D eigenvalue weighted by molar-refractivity contribution is 6.31. The van der Waals surface area contributed by atoms with Gasteiger partial charge in [0.2, 0.25) is 11.8 Å². The molecule has 118 valence electrons. The Morgan fingerprint density at radius 3 is 2.77 bits per heavy atom. The number of benzene rings is 1. The summed E-state index contributed by atoms with van der Waals surface area (Å²) in [7, 11) is 0. The van der Waals surface area contributed by atoms with Gasteiger partial charge in [-0.15, -0.1) is 0 Å². The highest BCUT2D eigenvalue weighted by Gasteiger charge is 2.36. The van der Waals surface area contributed by atoms with Gasteiger partial charge in [-0.1, -0.05) is 30.5 Å². The largest absolute Gasteiger partial charge is 0.353 e. The lowest BCUT2D eigenvalue weighted by Crippen LogP contribution is -2.38. The molecule has 5 heteroatoms. The molecular formula is C17H21ClN2O2. The Balaban J connectivity index is 1.70. The first-order chi connectivity index (χ1) is 10.6. The Hall–Kier alpha value is -1.55. The van der Waals surface area contributed by atoms with E-state index in [1.807, 2.05) is 25.1 Å². The standard InChI is InChI=1S/C17H21ClN2O2/c1-11-14(18)7-4-8-15(11)20-10-12(9-16(20)21)17(22)19-13-5-2-3-6-13/h4,7-8,12-13H,2-3,5-6,9-10H2,1H3,(H,19,22)/t12-/m0/s1. The second-order valence-corrected chi connectivity index (χ2v) is 6.69. The second kappa shape index (κ2) is 6.29. The van der Waals surface area contributed by atoms with Crippen molar-refractivity contribution in [2.75, 3.05) is 11.4 Å². The summed E-state index contributed by atoms with van der Waals surface area (Å²) in [4.78, 5) is 26.3. The Kier molecular flexibility index (Phi) is 4.39. The third kappa shape index (κ3) is 2.98. The van der Waals surface area contributed by atoms with Crippen molar-refractivity contribution in [3.63, 3.8) is 0 Å². The van der Waals surface area contributed by atoms with E-state index in [9.17, 15) is 9.59 Å². The Morgan fingerprint density at radius 1 is 1.32 bits per heavy atom. The number of nitrogens with one attached hydrogen (secondary N) is 1. The van der Waals surface area contributed by atoms with Gasteiger partial charge in [-0.2, -0.15) is 0 Å². The van der Waals surface area contributed by atoms with Crippen LogP contribution in [-0.4, -0.2) is 24.4 Å². The molecule has 3 rings (SSSR count). The summed E-state index contributed by atoms with van der Waals surface area (Å²) < 4.78 is 0. The third-order valence-corrected chi connectivity index (χ3v) is 5.14. The first-order valence-corrected chi connectivity index (χ1v) is 8.30. The maximum absolute atomic E-state index is 12.4. The summed E-state index contributed by atoms with van der Waals surface area (Å²) >= 11 is 6.14. The SMILES string of the molecule is Cc1c(Cl)cccc1N1C[C@@H](C(=O)NC2CCCC2)CC1=O. The minimum atomic E-state index is -0.258. The van der Waals surface area contributed by atoms with E-state index in [1.165, 1.54) is 12.8 Å². The maximum atomic E-state index is 12.4. The number of hydrogen-bond donors (Lipinski definition) is 1. The summed E-state index contributed by atoms with van der Waals surface area (Å²) in [5, 5.41) is 3.74. The summed E-state index contributed by atoms with van der Waals surface area (Å²) in [6, 6.07) is 5.83. The van der Waals surface area contributed by atoms with E-state index >= 15 is 0 Å². The van der Waals surface area contributed by atoms with Crippen molar-refractivity contribution in [3.8, 4) is 0 Å². The highest BCUT2D eigenvalue weighted by atomic mass is 35.5. The minimum absolute atomic E-state index is 0.00283. The molecule has 1 N–H and O–H groups in total. The quantitative estimate of drug-likeness (QED) is 0.930. The van der Waals surface area contributed by atoms with Gasteiger partial charge in [-0.05, 0) is 37.5 Å². The summed E-state index contributed by atoms with van der Waals surface area (Å²) in [6.45, 7) is 2.34. The predicted octanol–water partition coefficient (Wildman–Crippen LogP) is 3.06. The van der Waals surface area contributed by atoms with Crippen LogP contribution in [0.2, 0.25) is 5.02 Å². The van der Waals surface area contributed by atoms with Gasteiger partial charge in [0, 0.05) is 29.7 Å². The van der Waals surface area contributed by atoms with Crippen LogP contribution >= 0.6 is 11.6 Å². The van der Waals surface area contributed by atoms with Crippen LogP contribution in [0.4, 0.5) is 5.69 Å². The lowest BCUT2D eigenvalue weighted by atomic mass is 10.1. The zero-order chi connectivity index (χ0) is 15.7. The van der Waals surface area contributed by atoms with E-state index in [0.29, 0.717) is 17.6 Å². The van der Waals surface area contributed by atoms with Crippen molar-refractivity contribution in [2.24, 2.45) is 5.92 Å². The number of carbonyl (C=O) groups is 2. The molecule has 4 nitrogen and oxygen atoms in total. The lowest BCUT2D eigenvalue weighted by Gasteiger charge is -2.20. The molecule has 1 heterocycles. The molecule has 1 aromatic carbocycles. The Morgan fingerprint density at radius 2 is 2.05 bits per heavy atom. The maximum Gasteiger partial charge on any atom is 0.227 e. The van der Waals surface area contributed by atoms with Crippen molar-refractivity contribution in [1.29, 1.82) is 0 Å². The van der Waals surface area contributed by atoms with E-state index in [0.717, 1.165) is 24.1 Å². The number of anilines is 1. The third-order valence-electron chi connectivity index (χ3n) is 4.73. The fourth-order valence-electron chi connectivity index (χ4n) is 3.39. The van der Waals surface area contributed by atoms with Crippen LogP contribution in [0.5, 0.6) is 0 Å². The zero-order valence-corrected chi connectivity index (χ0v) is 13.5. The smallest absolute Gasteiger partial charge is 0.227 e. The topological polar surface area (TPSA) is 49.4 Å². The molecule has 1 aromatic rings. The van der Waals surface area contributed by atoms with Crippen molar-refractivity contribution < 1.29 is 9.59 Å². The van der Waals surface area contributed by atoms with Crippen LogP contribution in [0.3, 0.4) is 0 Å². The van der Waals surface area contributed by atoms with Crippen LogP contribution < -0.4 is 10.2 Å². The Labute approximate surface area is 135 Å². The second-order valence-electron chi connectivity index (χ2n) is 6.28. The molecule has 1 saturated carbocycles. The molecule has 22 heavy (non-hydrogen) atoms. The molecule has 0 radical (unpaired) electrons. The van der Waals surface area contributed by atoms with Gasteiger partial charge in [0.05, 0.1) is 5.92 Å². The average molecular weight is 321 g/mol. The molecular weight excluding hydrogens is 300 g/mol. The first kappa shape index (κ1) is 15.3. The fourth-order valence-corrected chi connectivity index (χ4v) is 3.56. The van der Waals surface area contributed by atoms with Gasteiger partial charge in [-0.3, -0.25) is 9.59 Å². The molecule has 0 unspecified atom stereocenters. The summed E-state index contributed by atoms with van der Waals surface area (Å²) in [5.41, 5.74) is 1.70.